The first-order valence-corrected chi connectivity index (χ1v) is 5.45. The molecule has 1 atom stereocenters. The van der Waals surface area contributed by atoms with E-state index in [9.17, 15) is 9.59 Å². The van der Waals surface area contributed by atoms with Crippen molar-refractivity contribution in [3.63, 3.8) is 0 Å². The lowest BCUT2D eigenvalue weighted by molar-refractivity contribution is -0.141. The van der Waals surface area contributed by atoms with E-state index in [0.717, 1.165) is 0 Å². The van der Waals surface area contributed by atoms with Gasteiger partial charge in [0.25, 0.3) is 5.91 Å². The quantitative estimate of drug-likeness (QED) is 0.800. The van der Waals surface area contributed by atoms with Crippen molar-refractivity contribution < 1.29 is 14.7 Å². The van der Waals surface area contributed by atoms with Crippen molar-refractivity contribution in [3.8, 4) is 6.07 Å². The van der Waals surface area contributed by atoms with Crippen LogP contribution in [0.2, 0.25) is 0 Å². The van der Waals surface area contributed by atoms with E-state index in [2.05, 4.69) is 10.3 Å². The summed E-state index contributed by atoms with van der Waals surface area (Å²) in [5, 5.41) is 19.9. The molecule has 0 saturated heterocycles. The van der Waals surface area contributed by atoms with Gasteiger partial charge >= 0.3 is 5.97 Å². The van der Waals surface area contributed by atoms with E-state index >= 15 is 0 Å². The number of rotatable bonds is 5. The normalized spacial score (nSPS) is 11.3. The molecule has 0 aliphatic carbocycles. The van der Waals surface area contributed by atoms with Crippen molar-refractivity contribution in [1.29, 1.82) is 5.26 Å². The van der Waals surface area contributed by atoms with E-state index in [1.54, 1.807) is 6.92 Å². The molecule has 0 bridgehead atoms. The summed E-state index contributed by atoms with van der Waals surface area (Å²) in [6, 6.07) is 4.80. The van der Waals surface area contributed by atoms with Crippen molar-refractivity contribution in [2.45, 2.75) is 13.3 Å². The van der Waals surface area contributed by atoms with Crippen LogP contribution in [0.25, 0.3) is 0 Å². The Bertz CT molecular complexity index is 476. The molecule has 0 aliphatic heterocycles. The Kier molecular flexibility index (Phi) is 4.81. The number of carboxylic acid groups (broad SMARTS) is 1. The van der Waals surface area contributed by atoms with Gasteiger partial charge in [0, 0.05) is 12.7 Å². The molecule has 6 heteroatoms. The summed E-state index contributed by atoms with van der Waals surface area (Å²) in [6.45, 7) is 1.80. The number of carbonyl (C=O) groups excluding carboxylic acids is 1. The maximum absolute atomic E-state index is 11.6. The maximum atomic E-state index is 11.6. The number of aromatic nitrogens is 1. The van der Waals surface area contributed by atoms with Gasteiger partial charge in [0.05, 0.1) is 11.5 Å². The number of hydrogen-bond donors (Lipinski definition) is 2. The second-order valence-electron chi connectivity index (χ2n) is 3.70. The minimum atomic E-state index is -0.939. The first-order valence-electron chi connectivity index (χ1n) is 5.45. The molecule has 1 amide bonds. The smallest absolute Gasteiger partial charge is 0.308 e. The number of carbonyl (C=O) groups is 2. The number of nitrogens with zero attached hydrogens (tertiary/aromatic N) is 2. The highest BCUT2D eigenvalue weighted by Gasteiger charge is 2.16. The van der Waals surface area contributed by atoms with Crippen LogP contribution in [0.15, 0.2) is 18.3 Å². The summed E-state index contributed by atoms with van der Waals surface area (Å²) in [4.78, 5) is 26.2. The SMILES string of the molecule is CCC(CNC(=O)c1ccc(C#N)cn1)C(=O)O. The summed E-state index contributed by atoms with van der Waals surface area (Å²) in [5.41, 5.74) is 0.526. The van der Waals surface area contributed by atoms with E-state index in [0.29, 0.717) is 12.0 Å². The maximum Gasteiger partial charge on any atom is 0.308 e. The molecule has 2 N–H and O–H groups in total. The number of nitrogens with one attached hydrogen (secondary N) is 1. The molecule has 0 saturated carbocycles. The van der Waals surface area contributed by atoms with Gasteiger partial charge in [-0.1, -0.05) is 6.92 Å². The van der Waals surface area contributed by atoms with Crippen LogP contribution in [0.1, 0.15) is 29.4 Å². The van der Waals surface area contributed by atoms with Crippen molar-refractivity contribution in [2.24, 2.45) is 5.92 Å². The van der Waals surface area contributed by atoms with Gasteiger partial charge in [-0.25, -0.2) is 4.98 Å². The highest BCUT2D eigenvalue weighted by molar-refractivity contribution is 5.92. The summed E-state index contributed by atoms with van der Waals surface area (Å²) >= 11 is 0. The Balaban J connectivity index is 2.60. The van der Waals surface area contributed by atoms with Crippen LogP contribution < -0.4 is 5.32 Å². The van der Waals surface area contributed by atoms with E-state index < -0.39 is 17.8 Å². The first-order chi connectivity index (χ1) is 8.58. The topological polar surface area (TPSA) is 103 Å². The zero-order valence-corrected chi connectivity index (χ0v) is 9.88. The molecule has 0 aliphatic rings. The van der Waals surface area contributed by atoms with E-state index in [1.165, 1.54) is 18.3 Å². The first kappa shape index (κ1) is 13.6. The lowest BCUT2D eigenvalue weighted by Gasteiger charge is -2.10. The lowest BCUT2D eigenvalue weighted by Crippen LogP contribution is -2.33. The summed E-state index contributed by atoms with van der Waals surface area (Å²) < 4.78 is 0. The fourth-order valence-corrected chi connectivity index (χ4v) is 1.31. The Morgan fingerprint density at radius 3 is 2.72 bits per heavy atom. The van der Waals surface area contributed by atoms with Crippen LogP contribution in [-0.4, -0.2) is 28.5 Å². The van der Waals surface area contributed by atoms with Gasteiger partial charge in [-0.2, -0.15) is 5.26 Å². The molecular weight excluding hydrogens is 234 g/mol. The molecule has 1 aromatic rings. The Morgan fingerprint density at radius 1 is 1.56 bits per heavy atom. The molecule has 0 aromatic carbocycles. The number of carboxylic acids is 1. The van der Waals surface area contributed by atoms with Crippen LogP contribution >= 0.6 is 0 Å². The van der Waals surface area contributed by atoms with Crippen LogP contribution in [0.3, 0.4) is 0 Å². The summed E-state index contributed by atoms with van der Waals surface area (Å²) in [6.07, 6.45) is 1.74. The van der Waals surface area contributed by atoms with Crippen LogP contribution in [0.5, 0.6) is 0 Å². The van der Waals surface area contributed by atoms with Crippen LogP contribution in [0, 0.1) is 17.2 Å². The van der Waals surface area contributed by atoms with Gasteiger partial charge < -0.3 is 10.4 Å². The van der Waals surface area contributed by atoms with Gasteiger partial charge in [-0.15, -0.1) is 0 Å². The second kappa shape index (κ2) is 6.35. The molecule has 1 unspecified atom stereocenters. The van der Waals surface area contributed by atoms with Gasteiger partial charge in [-0.3, -0.25) is 9.59 Å². The molecule has 1 aromatic heterocycles. The Morgan fingerprint density at radius 2 is 2.28 bits per heavy atom. The molecular formula is C12H13N3O3. The number of nitriles is 1. The molecule has 1 rings (SSSR count). The van der Waals surface area contributed by atoms with Crippen molar-refractivity contribution in [1.82, 2.24) is 10.3 Å². The highest BCUT2D eigenvalue weighted by atomic mass is 16.4. The van der Waals surface area contributed by atoms with Crippen LogP contribution in [-0.2, 0) is 4.79 Å². The van der Waals surface area contributed by atoms with Gasteiger partial charge in [0.1, 0.15) is 11.8 Å². The number of amides is 1. The van der Waals surface area contributed by atoms with Crippen molar-refractivity contribution in [3.05, 3.63) is 29.6 Å². The molecule has 0 spiro atoms. The van der Waals surface area contributed by atoms with Gasteiger partial charge in [-0.05, 0) is 18.6 Å². The zero-order chi connectivity index (χ0) is 13.5. The molecule has 94 valence electrons. The largest absolute Gasteiger partial charge is 0.481 e. The third-order valence-corrected chi connectivity index (χ3v) is 2.48. The minimum absolute atomic E-state index is 0.0619. The minimum Gasteiger partial charge on any atom is -0.481 e. The lowest BCUT2D eigenvalue weighted by atomic mass is 10.1. The Labute approximate surface area is 104 Å². The average Bonchev–Trinajstić information content (AvgIpc) is 2.39. The number of hydrogen-bond acceptors (Lipinski definition) is 4. The predicted molar refractivity (Wildman–Crippen MR) is 62.7 cm³/mol. The fourth-order valence-electron chi connectivity index (χ4n) is 1.31. The average molecular weight is 247 g/mol. The number of pyridine rings is 1. The highest BCUT2D eigenvalue weighted by Crippen LogP contribution is 2.02. The van der Waals surface area contributed by atoms with Crippen LogP contribution in [0.4, 0.5) is 0 Å². The summed E-state index contributed by atoms with van der Waals surface area (Å²) in [5.74, 6) is -1.99. The van der Waals surface area contributed by atoms with Gasteiger partial charge in [0.2, 0.25) is 0 Å². The van der Waals surface area contributed by atoms with E-state index in [4.69, 9.17) is 10.4 Å². The standard InChI is InChI=1S/C12H13N3O3/c1-2-9(12(17)18)7-15-11(16)10-4-3-8(5-13)6-14-10/h3-4,6,9H,2,7H2,1H3,(H,15,16)(H,17,18). The predicted octanol–water partition coefficient (Wildman–Crippen LogP) is 0.794. The molecule has 1 heterocycles. The molecule has 0 radical (unpaired) electrons. The second-order valence-corrected chi connectivity index (χ2v) is 3.70. The van der Waals surface area contributed by atoms with E-state index in [-0.39, 0.29) is 12.2 Å². The monoisotopic (exact) mass is 247 g/mol. The third-order valence-electron chi connectivity index (χ3n) is 2.48. The fraction of sp³-hybridized carbons (Fsp3) is 0.333. The van der Waals surface area contributed by atoms with Gasteiger partial charge in [0.15, 0.2) is 0 Å². The van der Waals surface area contributed by atoms with E-state index in [1.807, 2.05) is 6.07 Å². The summed E-state index contributed by atoms with van der Waals surface area (Å²) in [7, 11) is 0. The zero-order valence-electron chi connectivity index (χ0n) is 9.88. The molecule has 18 heavy (non-hydrogen) atoms. The third kappa shape index (κ3) is 3.56. The molecule has 6 nitrogen and oxygen atoms in total. The molecule has 0 fully saturated rings. The number of aliphatic carboxylic acids is 1. The van der Waals surface area contributed by atoms with Crippen molar-refractivity contribution >= 4 is 11.9 Å². The van der Waals surface area contributed by atoms with Crippen molar-refractivity contribution in [2.75, 3.05) is 6.54 Å². The Hall–Kier alpha value is -2.42.